The second kappa shape index (κ2) is 5.47. The molecule has 2 heterocycles. The number of nitrogens with zero attached hydrogens (tertiary/aromatic N) is 3. The summed E-state index contributed by atoms with van der Waals surface area (Å²) in [6, 6.07) is 1.69. The molecule has 1 saturated heterocycles. The highest BCUT2D eigenvalue weighted by molar-refractivity contribution is 5.68. The van der Waals surface area contributed by atoms with Crippen molar-refractivity contribution >= 4 is 11.8 Å². The van der Waals surface area contributed by atoms with Gasteiger partial charge in [0.2, 0.25) is 5.88 Å². The van der Waals surface area contributed by atoms with E-state index in [0.29, 0.717) is 5.88 Å². The molecular weight excluding hydrogens is 222 g/mol. The van der Waals surface area contributed by atoms with Gasteiger partial charge in [-0.25, -0.2) is 14.8 Å². The summed E-state index contributed by atoms with van der Waals surface area (Å²) in [6.07, 6.45) is 4.98. The molecule has 1 N–H and O–H groups in total. The first-order valence-corrected chi connectivity index (χ1v) is 5.67. The molecule has 0 atom stereocenters. The second-order valence-corrected chi connectivity index (χ2v) is 3.94. The molecule has 17 heavy (non-hydrogen) atoms. The van der Waals surface area contributed by atoms with Crippen LogP contribution >= 0.6 is 0 Å². The van der Waals surface area contributed by atoms with Crippen LogP contribution in [-0.2, 0) is 4.79 Å². The van der Waals surface area contributed by atoms with Crippen molar-refractivity contribution in [2.75, 3.05) is 24.6 Å². The lowest BCUT2D eigenvalue weighted by Gasteiger charge is -2.27. The zero-order valence-corrected chi connectivity index (χ0v) is 9.50. The molecule has 1 fully saturated rings. The molecule has 0 spiro atoms. The molecule has 1 aromatic heterocycles. The fraction of sp³-hybridized carbons (Fsp3) is 0.545. The van der Waals surface area contributed by atoms with Crippen molar-refractivity contribution in [1.82, 2.24) is 9.97 Å². The average molecular weight is 237 g/mol. The van der Waals surface area contributed by atoms with Gasteiger partial charge in [-0.2, -0.15) is 0 Å². The summed E-state index contributed by atoms with van der Waals surface area (Å²) in [5.74, 6) is 0.103. The summed E-state index contributed by atoms with van der Waals surface area (Å²) in [5, 5.41) is 8.51. The standard InChI is InChI=1S/C11H15N3O3/c15-11(16)7-17-10-6-9(12-8-13-10)14-4-2-1-3-5-14/h6,8H,1-5,7H2,(H,15,16). The lowest BCUT2D eigenvalue weighted by atomic mass is 10.1. The predicted molar refractivity (Wildman–Crippen MR) is 61.2 cm³/mol. The number of piperidine rings is 1. The van der Waals surface area contributed by atoms with Gasteiger partial charge in [-0.15, -0.1) is 0 Å². The van der Waals surface area contributed by atoms with Crippen LogP contribution in [0.1, 0.15) is 19.3 Å². The Morgan fingerprint density at radius 2 is 2.12 bits per heavy atom. The minimum absolute atomic E-state index is 0.308. The summed E-state index contributed by atoms with van der Waals surface area (Å²) in [6.45, 7) is 1.58. The van der Waals surface area contributed by atoms with E-state index in [4.69, 9.17) is 9.84 Å². The smallest absolute Gasteiger partial charge is 0.341 e. The molecule has 6 heteroatoms. The predicted octanol–water partition coefficient (Wildman–Crippen LogP) is 0.930. The fourth-order valence-corrected chi connectivity index (χ4v) is 1.84. The number of hydrogen-bond acceptors (Lipinski definition) is 5. The Morgan fingerprint density at radius 1 is 1.35 bits per heavy atom. The van der Waals surface area contributed by atoms with E-state index in [1.807, 2.05) is 0 Å². The third kappa shape index (κ3) is 3.30. The van der Waals surface area contributed by atoms with E-state index in [0.717, 1.165) is 31.7 Å². The van der Waals surface area contributed by atoms with Crippen molar-refractivity contribution in [2.45, 2.75) is 19.3 Å². The van der Waals surface area contributed by atoms with E-state index in [1.54, 1.807) is 6.07 Å². The van der Waals surface area contributed by atoms with E-state index < -0.39 is 5.97 Å². The van der Waals surface area contributed by atoms with Crippen molar-refractivity contribution < 1.29 is 14.6 Å². The summed E-state index contributed by atoms with van der Waals surface area (Å²) in [7, 11) is 0. The number of ether oxygens (including phenoxy) is 1. The maximum Gasteiger partial charge on any atom is 0.341 e. The second-order valence-electron chi connectivity index (χ2n) is 3.94. The Morgan fingerprint density at radius 3 is 2.82 bits per heavy atom. The highest BCUT2D eigenvalue weighted by atomic mass is 16.5. The van der Waals surface area contributed by atoms with Crippen LogP contribution in [0.3, 0.4) is 0 Å². The molecule has 6 nitrogen and oxygen atoms in total. The van der Waals surface area contributed by atoms with Gasteiger partial charge in [0.15, 0.2) is 6.61 Å². The largest absolute Gasteiger partial charge is 0.479 e. The van der Waals surface area contributed by atoms with Gasteiger partial charge >= 0.3 is 5.97 Å². The number of anilines is 1. The molecule has 0 aromatic carbocycles. The number of carboxylic acid groups (broad SMARTS) is 1. The van der Waals surface area contributed by atoms with Crippen molar-refractivity contribution in [3.8, 4) is 5.88 Å². The van der Waals surface area contributed by atoms with E-state index >= 15 is 0 Å². The van der Waals surface area contributed by atoms with E-state index in [1.165, 1.54) is 12.7 Å². The number of aliphatic carboxylic acids is 1. The molecule has 1 aromatic rings. The van der Waals surface area contributed by atoms with Crippen molar-refractivity contribution in [2.24, 2.45) is 0 Å². The molecule has 2 rings (SSSR count). The maximum absolute atomic E-state index is 10.4. The first kappa shape index (κ1) is 11.6. The monoisotopic (exact) mass is 237 g/mol. The zero-order valence-electron chi connectivity index (χ0n) is 9.50. The Balaban J connectivity index is 2.02. The van der Waals surface area contributed by atoms with E-state index in [9.17, 15) is 4.79 Å². The van der Waals surface area contributed by atoms with Gasteiger partial charge in [0.25, 0.3) is 0 Å². The van der Waals surface area contributed by atoms with Gasteiger partial charge in [0, 0.05) is 19.2 Å². The highest BCUT2D eigenvalue weighted by Gasteiger charge is 2.13. The first-order chi connectivity index (χ1) is 8.25. The number of carbonyl (C=O) groups is 1. The van der Waals surface area contributed by atoms with Gasteiger partial charge in [-0.3, -0.25) is 0 Å². The van der Waals surface area contributed by atoms with Crippen LogP contribution in [0.4, 0.5) is 5.82 Å². The summed E-state index contributed by atoms with van der Waals surface area (Å²) in [5.41, 5.74) is 0. The minimum Gasteiger partial charge on any atom is -0.479 e. The number of rotatable bonds is 4. The molecule has 0 bridgehead atoms. The SMILES string of the molecule is O=C(O)COc1cc(N2CCCCC2)ncn1. The van der Waals surface area contributed by atoms with E-state index in [-0.39, 0.29) is 6.61 Å². The average Bonchev–Trinajstić information content (AvgIpc) is 2.38. The highest BCUT2D eigenvalue weighted by Crippen LogP contribution is 2.19. The molecule has 0 radical (unpaired) electrons. The number of aromatic nitrogens is 2. The number of hydrogen-bond donors (Lipinski definition) is 1. The summed E-state index contributed by atoms with van der Waals surface area (Å²) >= 11 is 0. The fourth-order valence-electron chi connectivity index (χ4n) is 1.84. The van der Waals surface area contributed by atoms with Crippen LogP contribution in [-0.4, -0.2) is 40.7 Å². The molecular formula is C11H15N3O3. The van der Waals surface area contributed by atoms with Gasteiger partial charge in [-0.1, -0.05) is 0 Å². The van der Waals surface area contributed by atoms with Crippen molar-refractivity contribution in [1.29, 1.82) is 0 Å². The van der Waals surface area contributed by atoms with Crippen LogP contribution < -0.4 is 9.64 Å². The molecule has 0 amide bonds. The van der Waals surface area contributed by atoms with Crippen LogP contribution in [0.2, 0.25) is 0 Å². The lowest BCUT2D eigenvalue weighted by molar-refractivity contribution is -0.139. The van der Waals surface area contributed by atoms with Crippen LogP contribution in [0, 0.1) is 0 Å². The van der Waals surface area contributed by atoms with E-state index in [2.05, 4.69) is 14.9 Å². The zero-order chi connectivity index (χ0) is 12.1. The third-order valence-corrected chi connectivity index (χ3v) is 2.65. The number of carboxylic acids is 1. The molecule has 0 saturated carbocycles. The normalized spacial score (nSPS) is 15.6. The Hall–Kier alpha value is -1.85. The molecule has 92 valence electrons. The lowest BCUT2D eigenvalue weighted by Crippen LogP contribution is -2.30. The van der Waals surface area contributed by atoms with Crippen LogP contribution in [0.15, 0.2) is 12.4 Å². The molecule has 1 aliphatic rings. The summed E-state index contributed by atoms with van der Waals surface area (Å²) in [4.78, 5) is 20.6. The quantitative estimate of drug-likeness (QED) is 0.839. The Bertz CT molecular complexity index is 391. The molecule has 1 aliphatic heterocycles. The van der Waals surface area contributed by atoms with Crippen LogP contribution in [0.25, 0.3) is 0 Å². The molecule has 0 unspecified atom stereocenters. The van der Waals surface area contributed by atoms with Gasteiger partial charge in [0.05, 0.1) is 0 Å². The van der Waals surface area contributed by atoms with Crippen LogP contribution in [0.5, 0.6) is 5.88 Å². The van der Waals surface area contributed by atoms with Gasteiger partial charge in [-0.05, 0) is 19.3 Å². The van der Waals surface area contributed by atoms with Gasteiger partial charge < -0.3 is 14.7 Å². The Kier molecular flexibility index (Phi) is 3.74. The topological polar surface area (TPSA) is 75.6 Å². The molecule has 0 aliphatic carbocycles. The third-order valence-electron chi connectivity index (χ3n) is 2.65. The maximum atomic E-state index is 10.4. The first-order valence-electron chi connectivity index (χ1n) is 5.67. The van der Waals surface area contributed by atoms with Gasteiger partial charge in [0.1, 0.15) is 12.1 Å². The summed E-state index contributed by atoms with van der Waals surface area (Å²) < 4.78 is 5.02. The van der Waals surface area contributed by atoms with Crippen molar-refractivity contribution in [3.05, 3.63) is 12.4 Å². The minimum atomic E-state index is -1.01. The Labute approximate surface area is 99.2 Å². The van der Waals surface area contributed by atoms with Crippen molar-refractivity contribution in [3.63, 3.8) is 0 Å².